The maximum Gasteiger partial charge on any atom is 0.0438 e. The number of nitrogens with one attached hydrogen (secondary N) is 1. The number of benzene rings is 1. The Bertz CT molecular complexity index is 441. The summed E-state index contributed by atoms with van der Waals surface area (Å²) in [5.41, 5.74) is 4.21. The first kappa shape index (κ1) is 16.5. The van der Waals surface area contributed by atoms with Gasteiger partial charge in [0.15, 0.2) is 0 Å². The van der Waals surface area contributed by atoms with Crippen LogP contribution in [0, 0.1) is 13.8 Å². The predicted octanol–water partition coefficient (Wildman–Crippen LogP) is 5.01. The van der Waals surface area contributed by atoms with Crippen LogP contribution in [0.4, 0.5) is 0 Å². The molecule has 0 saturated heterocycles. The highest BCUT2D eigenvalue weighted by molar-refractivity contribution is 6.31. The molecule has 0 fully saturated rings. The van der Waals surface area contributed by atoms with Crippen LogP contribution in [0.25, 0.3) is 0 Å². The number of hydrogen-bond acceptors (Lipinski definition) is 1. The van der Waals surface area contributed by atoms with Gasteiger partial charge in [0.2, 0.25) is 0 Å². The Morgan fingerprint density at radius 1 is 1.00 bits per heavy atom. The van der Waals surface area contributed by atoms with Crippen LogP contribution in [0.1, 0.15) is 57.7 Å². The molecule has 0 spiro atoms. The van der Waals surface area contributed by atoms with E-state index in [1.807, 2.05) is 0 Å². The van der Waals surface area contributed by atoms with Crippen molar-refractivity contribution in [3.05, 3.63) is 33.8 Å². The van der Waals surface area contributed by atoms with Gasteiger partial charge in [0, 0.05) is 10.6 Å². The van der Waals surface area contributed by atoms with E-state index in [2.05, 4.69) is 65.9 Å². The summed E-state index contributed by atoms with van der Waals surface area (Å²) in [5.74, 6) is 0. The summed E-state index contributed by atoms with van der Waals surface area (Å²) in [6.07, 6.45) is 1.12. The first-order valence-electron chi connectivity index (χ1n) is 7.05. The van der Waals surface area contributed by atoms with Gasteiger partial charge in [-0.15, -0.1) is 0 Å². The van der Waals surface area contributed by atoms with Crippen LogP contribution in [0.2, 0.25) is 5.02 Å². The molecular weight excluding hydrogens is 254 g/mol. The Hall–Kier alpha value is -0.530. The van der Waals surface area contributed by atoms with Crippen molar-refractivity contribution in [2.45, 2.75) is 65.8 Å². The normalized spacial score (nSPS) is 12.8. The van der Waals surface area contributed by atoms with Crippen LogP contribution < -0.4 is 5.32 Å². The zero-order valence-electron chi connectivity index (χ0n) is 13.4. The SMILES string of the molecule is Cc1cc(C(C)(C)CCNC(C)(C)C)c(C)cc1Cl. The molecule has 0 atom stereocenters. The summed E-state index contributed by atoms with van der Waals surface area (Å²) in [4.78, 5) is 0. The standard InChI is InChI=1S/C17H28ClN/c1-12-11-15(18)13(2)10-14(12)17(6,7)8-9-19-16(3,4)5/h10-11,19H,8-9H2,1-7H3. The summed E-state index contributed by atoms with van der Waals surface area (Å²) < 4.78 is 0. The fourth-order valence-electron chi connectivity index (χ4n) is 2.39. The lowest BCUT2D eigenvalue weighted by atomic mass is 9.78. The zero-order chi connectivity index (χ0) is 14.8. The first-order chi connectivity index (χ1) is 8.53. The molecule has 0 saturated carbocycles. The van der Waals surface area contributed by atoms with E-state index >= 15 is 0 Å². The Kier molecular flexibility index (Phi) is 5.08. The van der Waals surface area contributed by atoms with Gasteiger partial charge in [0.1, 0.15) is 0 Å². The van der Waals surface area contributed by atoms with Crippen molar-refractivity contribution in [1.82, 2.24) is 5.32 Å². The van der Waals surface area contributed by atoms with E-state index in [9.17, 15) is 0 Å². The summed E-state index contributed by atoms with van der Waals surface area (Å²) in [7, 11) is 0. The molecule has 0 bridgehead atoms. The second-order valence-electron chi connectivity index (χ2n) is 7.23. The largest absolute Gasteiger partial charge is 0.312 e. The summed E-state index contributed by atoms with van der Waals surface area (Å²) in [6, 6.07) is 4.33. The van der Waals surface area contributed by atoms with E-state index in [-0.39, 0.29) is 11.0 Å². The quantitative estimate of drug-likeness (QED) is 0.818. The van der Waals surface area contributed by atoms with E-state index in [1.54, 1.807) is 0 Å². The molecule has 2 heteroatoms. The topological polar surface area (TPSA) is 12.0 Å². The number of hydrogen-bond donors (Lipinski definition) is 1. The highest BCUT2D eigenvalue weighted by Crippen LogP contribution is 2.32. The minimum absolute atomic E-state index is 0.164. The molecule has 0 aliphatic rings. The third-order valence-electron chi connectivity index (χ3n) is 3.64. The monoisotopic (exact) mass is 281 g/mol. The van der Waals surface area contributed by atoms with Crippen LogP contribution in [0.5, 0.6) is 0 Å². The number of halogens is 1. The zero-order valence-corrected chi connectivity index (χ0v) is 14.2. The second kappa shape index (κ2) is 5.85. The summed E-state index contributed by atoms with van der Waals surface area (Å²) in [6.45, 7) is 16.5. The predicted molar refractivity (Wildman–Crippen MR) is 86.3 cm³/mol. The molecule has 1 rings (SSSR count). The minimum atomic E-state index is 0.164. The fraction of sp³-hybridized carbons (Fsp3) is 0.647. The van der Waals surface area contributed by atoms with Gasteiger partial charge in [-0.05, 0) is 75.8 Å². The molecule has 1 nitrogen and oxygen atoms in total. The van der Waals surface area contributed by atoms with Crippen molar-refractivity contribution in [3.8, 4) is 0 Å². The number of aryl methyl sites for hydroxylation is 2. The highest BCUT2D eigenvalue weighted by atomic mass is 35.5. The van der Waals surface area contributed by atoms with Gasteiger partial charge in [-0.2, -0.15) is 0 Å². The molecule has 108 valence electrons. The van der Waals surface area contributed by atoms with Crippen molar-refractivity contribution >= 4 is 11.6 Å². The molecule has 0 aliphatic carbocycles. The van der Waals surface area contributed by atoms with Gasteiger partial charge in [-0.3, -0.25) is 0 Å². The van der Waals surface area contributed by atoms with Gasteiger partial charge in [-0.25, -0.2) is 0 Å². The lowest BCUT2D eigenvalue weighted by Crippen LogP contribution is -2.38. The van der Waals surface area contributed by atoms with E-state index < -0.39 is 0 Å². The Morgan fingerprint density at radius 3 is 2.11 bits per heavy atom. The van der Waals surface area contributed by atoms with Crippen molar-refractivity contribution in [1.29, 1.82) is 0 Å². The lowest BCUT2D eigenvalue weighted by Gasteiger charge is -2.30. The summed E-state index contributed by atoms with van der Waals surface area (Å²) >= 11 is 6.19. The molecule has 0 unspecified atom stereocenters. The number of rotatable bonds is 4. The third-order valence-corrected chi connectivity index (χ3v) is 4.05. The molecule has 0 radical (unpaired) electrons. The molecular formula is C17H28ClN. The lowest BCUT2D eigenvalue weighted by molar-refractivity contribution is 0.378. The average Bonchev–Trinajstić information content (AvgIpc) is 2.20. The Balaban J connectivity index is 2.85. The molecule has 1 N–H and O–H groups in total. The second-order valence-corrected chi connectivity index (χ2v) is 7.63. The molecule has 0 aromatic heterocycles. The molecule has 0 aliphatic heterocycles. The van der Waals surface area contributed by atoms with Crippen molar-refractivity contribution in [2.24, 2.45) is 0 Å². The van der Waals surface area contributed by atoms with E-state index in [0.29, 0.717) is 0 Å². The Labute approximate surface area is 123 Å². The molecule has 1 aromatic rings. The van der Waals surface area contributed by atoms with Crippen molar-refractivity contribution in [2.75, 3.05) is 6.54 Å². The molecule has 19 heavy (non-hydrogen) atoms. The van der Waals surface area contributed by atoms with Crippen LogP contribution in [-0.2, 0) is 5.41 Å². The Morgan fingerprint density at radius 2 is 1.58 bits per heavy atom. The van der Waals surface area contributed by atoms with Gasteiger partial charge in [-0.1, -0.05) is 31.5 Å². The minimum Gasteiger partial charge on any atom is -0.312 e. The van der Waals surface area contributed by atoms with Crippen LogP contribution in [0.15, 0.2) is 12.1 Å². The van der Waals surface area contributed by atoms with E-state index in [4.69, 9.17) is 11.6 Å². The van der Waals surface area contributed by atoms with E-state index in [1.165, 1.54) is 16.7 Å². The molecule has 0 amide bonds. The van der Waals surface area contributed by atoms with Gasteiger partial charge in [0.25, 0.3) is 0 Å². The van der Waals surface area contributed by atoms with Gasteiger partial charge >= 0.3 is 0 Å². The highest BCUT2D eigenvalue weighted by Gasteiger charge is 2.23. The molecule has 1 aromatic carbocycles. The first-order valence-corrected chi connectivity index (χ1v) is 7.43. The van der Waals surface area contributed by atoms with Gasteiger partial charge in [0.05, 0.1) is 0 Å². The van der Waals surface area contributed by atoms with Crippen molar-refractivity contribution < 1.29 is 0 Å². The maximum atomic E-state index is 6.19. The smallest absolute Gasteiger partial charge is 0.0438 e. The summed E-state index contributed by atoms with van der Waals surface area (Å²) in [5, 5.41) is 4.43. The van der Waals surface area contributed by atoms with Crippen LogP contribution >= 0.6 is 11.6 Å². The van der Waals surface area contributed by atoms with E-state index in [0.717, 1.165) is 18.0 Å². The van der Waals surface area contributed by atoms with Crippen molar-refractivity contribution in [3.63, 3.8) is 0 Å². The average molecular weight is 282 g/mol. The maximum absolute atomic E-state index is 6.19. The fourth-order valence-corrected chi connectivity index (χ4v) is 2.61. The van der Waals surface area contributed by atoms with Gasteiger partial charge < -0.3 is 5.32 Å². The van der Waals surface area contributed by atoms with Crippen LogP contribution in [0.3, 0.4) is 0 Å². The third kappa shape index (κ3) is 4.81. The molecule has 0 heterocycles. The van der Waals surface area contributed by atoms with Crippen LogP contribution in [-0.4, -0.2) is 12.1 Å².